The van der Waals surface area contributed by atoms with Crippen molar-refractivity contribution in [3.63, 3.8) is 0 Å². The fourth-order valence-electron chi connectivity index (χ4n) is 1.62. The molecule has 0 aromatic rings. The third-order valence-corrected chi connectivity index (χ3v) is 2.27. The average molecular weight is 188 g/mol. The molecular weight excluding hydrogens is 176 g/mol. The number of carbonyl (C=O) groups is 1. The molecule has 2 aliphatic heterocycles. The van der Waals surface area contributed by atoms with Gasteiger partial charge in [0.25, 0.3) is 0 Å². The van der Waals surface area contributed by atoms with E-state index in [1.165, 1.54) is 5.70 Å². The molecule has 2 rings (SSSR count). The molecule has 2 aliphatic rings. The van der Waals surface area contributed by atoms with Crippen molar-refractivity contribution in [2.75, 3.05) is 13.1 Å². The van der Waals surface area contributed by atoms with Crippen molar-refractivity contribution in [2.24, 2.45) is 0 Å². The third-order valence-electron chi connectivity index (χ3n) is 2.27. The lowest BCUT2D eigenvalue weighted by molar-refractivity contribution is -0.109. The second-order valence-electron chi connectivity index (χ2n) is 3.16. The summed E-state index contributed by atoms with van der Waals surface area (Å²) in [6, 6.07) is 0. The Hall–Kier alpha value is -1.77. The third kappa shape index (κ3) is 1.62. The molecular formula is C11H12N2O. The zero-order valence-electron chi connectivity index (χ0n) is 7.81. The minimum absolute atomic E-state index is 0.587. The van der Waals surface area contributed by atoms with Gasteiger partial charge in [0.1, 0.15) is 0 Å². The predicted octanol–water partition coefficient (Wildman–Crippen LogP) is 0.942. The van der Waals surface area contributed by atoms with E-state index in [1.54, 1.807) is 0 Å². The number of hydrogen-bond donors (Lipinski definition) is 1. The van der Waals surface area contributed by atoms with Crippen molar-refractivity contribution in [1.29, 1.82) is 0 Å². The van der Waals surface area contributed by atoms with E-state index in [0.717, 1.165) is 18.5 Å². The van der Waals surface area contributed by atoms with Crippen LogP contribution in [0.3, 0.4) is 0 Å². The molecule has 1 N–H and O–H groups in total. The van der Waals surface area contributed by atoms with Crippen LogP contribution in [0.5, 0.6) is 0 Å². The summed E-state index contributed by atoms with van der Waals surface area (Å²) in [6.07, 6.45) is 13.0. The van der Waals surface area contributed by atoms with Crippen LogP contribution in [0.15, 0.2) is 47.9 Å². The Morgan fingerprint density at radius 3 is 3.21 bits per heavy atom. The van der Waals surface area contributed by atoms with Crippen LogP contribution in [0, 0.1) is 0 Å². The topological polar surface area (TPSA) is 32.3 Å². The normalized spacial score (nSPS) is 18.4. The Morgan fingerprint density at radius 1 is 1.43 bits per heavy atom. The number of rotatable bonds is 3. The highest BCUT2D eigenvalue weighted by molar-refractivity contribution is 5.49. The molecule has 0 unspecified atom stereocenters. The lowest BCUT2D eigenvalue weighted by Gasteiger charge is -2.27. The highest BCUT2D eigenvalue weighted by atomic mass is 16.1. The Bertz CT molecular complexity index is 350. The molecule has 14 heavy (non-hydrogen) atoms. The van der Waals surface area contributed by atoms with Crippen LogP contribution in [-0.4, -0.2) is 24.4 Å². The molecule has 0 fully saturated rings. The van der Waals surface area contributed by atoms with Gasteiger partial charge in [-0.3, -0.25) is 4.79 Å². The second-order valence-corrected chi connectivity index (χ2v) is 3.16. The second kappa shape index (κ2) is 3.96. The molecule has 1 amide bonds. The van der Waals surface area contributed by atoms with Gasteiger partial charge in [0.15, 0.2) is 0 Å². The summed E-state index contributed by atoms with van der Waals surface area (Å²) >= 11 is 0. The minimum atomic E-state index is 0.587. The molecule has 72 valence electrons. The van der Waals surface area contributed by atoms with Crippen molar-refractivity contribution < 1.29 is 4.79 Å². The Balaban J connectivity index is 2.22. The minimum Gasteiger partial charge on any atom is -0.355 e. The average Bonchev–Trinajstić information content (AvgIpc) is 2.26. The van der Waals surface area contributed by atoms with E-state index in [0.29, 0.717) is 6.54 Å². The number of allylic oxidation sites excluding steroid dienone is 3. The number of nitrogens with one attached hydrogen (secondary N) is 1. The molecule has 3 nitrogen and oxygen atoms in total. The Labute approximate surface area is 83.1 Å². The first-order valence-corrected chi connectivity index (χ1v) is 4.60. The first kappa shape index (κ1) is 8.81. The van der Waals surface area contributed by atoms with Crippen LogP contribution >= 0.6 is 0 Å². The van der Waals surface area contributed by atoms with Gasteiger partial charge in [-0.25, -0.2) is 0 Å². The maximum Gasteiger partial charge on any atom is 0.207 e. The smallest absolute Gasteiger partial charge is 0.207 e. The van der Waals surface area contributed by atoms with Gasteiger partial charge in [0, 0.05) is 25.0 Å². The molecule has 0 aromatic heterocycles. The van der Waals surface area contributed by atoms with Crippen LogP contribution < -0.4 is 5.32 Å². The summed E-state index contributed by atoms with van der Waals surface area (Å²) in [5, 5.41) is 2.68. The van der Waals surface area contributed by atoms with Crippen molar-refractivity contribution in [1.82, 2.24) is 10.2 Å². The fraction of sp³-hybridized carbons (Fsp3) is 0.182. The van der Waals surface area contributed by atoms with Crippen LogP contribution in [0.1, 0.15) is 0 Å². The number of hydrogen-bond acceptors (Lipinski definition) is 2. The molecule has 3 heteroatoms. The van der Waals surface area contributed by atoms with Gasteiger partial charge >= 0.3 is 0 Å². The first-order chi connectivity index (χ1) is 6.92. The molecule has 0 radical (unpaired) electrons. The predicted molar refractivity (Wildman–Crippen MR) is 55.2 cm³/mol. The van der Waals surface area contributed by atoms with Gasteiger partial charge in [0.2, 0.25) is 6.41 Å². The zero-order chi connectivity index (χ0) is 9.80. The maximum atomic E-state index is 10.2. The van der Waals surface area contributed by atoms with E-state index in [9.17, 15) is 4.79 Å². The van der Waals surface area contributed by atoms with Gasteiger partial charge in [-0.1, -0.05) is 18.2 Å². The summed E-state index contributed by atoms with van der Waals surface area (Å²) < 4.78 is 0. The molecule has 0 aromatic carbocycles. The van der Waals surface area contributed by atoms with Crippen LogP contribution in [0.4, 0.5) is 0 Å². The van der Waals surface area contributed by atoms with E-state index in [1.807, 2.05) is 18.4 Å². The summed E-state index contributed by atoms with van der Waals surface area (Å²) in [4.78, 5) is 12.4. The lowest BCUT2D eigenvalue weighted by Crippen LogP contribution is -2.25. The van der Waals surface area contributed by atoms with Crippen LogP contribution in [0.25, 0.3) is 0 Å². The summed E-state index contributed by atoms with van der Waals surface area (Å²) in [5.74, 6) is 0. The number of fused-ring (bicyclic) bond motifs is 1. The molecule has 0 atom stereocenters. The molecule has 2 heterocycles. The highest BCUT2D eigenvalue weighted by Gasteiger charge is 2.12. The van der Waals surface area contributed by atoms with Gasteiger partial charge < -0.3 is 10.2 Å². The summed E-state index contributed by atoms with van der Waals surface area (Å²) in [5.41, 5.74) is 2.31. The highest BCUT2D eigenvalue weighted by Crippen LogP contribution is 2.20. The number of nitrogens with zero attached hydrogens (tertiary/aromatic N) is 1. The lowest BCUT2D eigenvalue weighted by atomic mass is 10.1. The molecule has 0 saturated carbocycles. The van der Waals surface area contributed by atoms with Gasteiger partial charge in [-0.2, -0.15) is 0 Å². The molecule has 0 aliphatic carbocycles. The van der Waals surface area contributed by atoms with E-state index in [-0.39, 0.29) is 0 Å². The van der Waals surface area contributed by atoms with Crippen LogP contribution in [0.2, 0.25) is 0 Å². The van der Waals surface area contributed by atoms with Crippen molar-refractivity contribution >= 4 is 6.41 Å². The standard InChI is InChI=1S/C11H12N2O/c14-9-12-8-10-4-3-7-13-6-2-1-5-11(10)13/h1-6,9H,7-8H2,(H,12,14). The van der Waals surface area contributed by atoms with Crippen molar-refractivity contribution in [3.8, 4) is 0 Å². The largest absolute Gasteiger partial charge is 0.355 e. The van der Waals surface area contributed by atoms with Gasteiger partial charge in [-0.05, 0) is 17.7 Å². The molecule has 0 bridgehead atoms. The van der Waals surface area contributed by atoms with E-state index < -0.39 is 0 Å². The maximum absolute atomic E-state index is 10.2. The number of amides is 1. The van der Waals surface area contributed by atoms with Gasteiger partial charge in [-0.15, -0.1) is 0 Å². The monoisotopic (exact) mass is 188 g/mol. The van der Waals surface area contributed by atoms with E-state index in [4.69, 9.17) is 0 Å². The first-order valence-electron chi connectivity index (χ1n) is 4.60. The number of carbonyl (C=O) groups excluding carboxylic acids is 1. The Morgan fingerprint density at radius 2 is 2.36 bits per heavy atom. The van der Waals surface area contributed by atoms with Crippen molar-refractivity contribution in [2.45, 2.75) is 0 Å². The Kier molecular flexibility index (Phi) is 2.49. The summed E-state index contributed by atoms with van der Waals surface area (Å²) in [7, 11) is 0. The fourth-order valence-corrected chi connectivity index (χ4v) is 1.62. The zero-order valence-corrected chi connectivity index (χ0v) is 7.81. The van der Waals surface area contributed by atoms with E-state index in [2.05, 4.69) is 28.4 Å². The molecule has 0 saturated heterocycles. The molecule has 0 spiro atoms. The SMILES string of the molecule is O=CNCC1=C2C=CC=CN2CC=C1. The van der Waals surface area contributed by atoms with Gasteiger partial charge in [0.05, 0.1) is 0 Å². The summed E-state index contributed by atoms with van der Waals surface area (Å²) in [6.45, 7) is 1.49. The van der Waals surface area contributed by atoms with E-state index >= 15 is 0 Å². The van der Waals surface area contributed by atoms with Crippen molar-refractivity contribution in [3.05, 3.63) is 47.9 Å². The quantitative estimate of drug-likeness (QED) is 0.668. The van der Waals surface area contributed by atoms with Crippen LogP contribution in [-0.2, 0) is 4.79 Å².